The summed E-state index contributed by atoms with van der Waals surface area (Å²) in [6, 6.07) is 10.2. The van der Waals surface area contributed by atoms with Gasteiger partial charge in [-0.05, 0) is 49.0 Å². The Labute approximate surface area is 144 Å². The van der Waals surface area contributed by atoms with Crippen molar-refractivity contribution in [1.29, 1.82) is 0 Å². The summed E-state index contributed by atoms with van der Waals surface area (Å²) in [6.07, 6.45) is 5.91. The number of carbonyl (C=O) groups excluding carboxylic acids is 1. The number of hydrogen-bond acceptors (Lipinski definition) is 5. The molecule has 0 aromatic heterocycles. The Hall–Kier alpha value is -1.40. The standard InChI is InChI=1S/C18H26O5S/c1-22-17(19)14-15-8-10-18(11-9-15,12-13-23-24(2,20)21)16-6-4-3-5-7-16/h3-7,15H,8-14H2,1-2H3. The largest absolute Gasteiger partial charge is 0.469 e. The summed E-state index contributed by atoms with van der Waals surface area (Å²) in [4.78, 5) is 11.5. The van der Waals surface area contributed by atoms with E-state index in [0.29, 0.717) is 18.8 Å². The van der Waals surface area contributed by atoms with E-state index in [-0.39, 0.29) is 18.0 Å². The monoisotopic (exact) mass is 354 g/mol. The molecule has 0 aliphatic heterocycles. The highest BCUT2D eigenvalue weighted by Crippen LogP contribution is 2.45. The maximum Gasteiger partial charge on any atom is 0.305 e. The van der Waals surface area contributed by atoms with Crippen molar-refractivity contribution in [2.75, 3.05) is 20.0 Å². The van der Waals surface area contributed by atoms with Crippen LogP contribution in [0.1, 0.15) is 44.1 Å². The highest BCUT2D eigenvalue weighted by atomic mass is 32.2. The third-order valence-corrected chi connectivity index (χ3v) is 5.60. The van der Waals surface area contributed by atoms with Gasteiger partial charge in [0.05, 0.1) is 20.0 Å². The molecule has 0 spiro atoms. The second-order valence-corrected chi connectivity index (χ2v) is 8.29. The molecule has 0 radical (unpaired) electrons. The molecule has 1 aromatic carbocycles. The second kappa shape index (κ2) is 8.12. The molecule has 0 unspecified atom stereocenters. The summed E-state index contributed by atoms with van der Waals surface area (Å²) in [5.74, 6) is 0.178. The van der Waals surface area contributed by atoms with Crippen LogP contribution in [0.2, 0.25) is 0 Å². The van der Waals surface area contributed by atoms with Gasteiger partial charge in [0, 0.05) is 6.42 Å². The fourth-order valence-electron chi connectivity index (χ4n) is 3.62. The summed E-state index contributed by atoms with van der Waals surface area (Å²) in [5.41, 5.74) is 1.14. The van der Waals surface area contributed by atoms with Crippen molar-refractivity contribution >= 4 is 16.1 Å². The van der Waals surface area contributed by atoms with Crippen LogP contribution in [-0.4, -0.2) is 34.4 Å². The molecule has 1 aromatic rings. The molecule has 0 heterocycles. The van der Waals surface area contributed by atoms with Gasteiger partial charge in [0.1, 0.15) is 0 Å². The molecule has 1 aliphatic carbocycles. The third-order valence-electron chi connectivity index (χ3n) is 5.01. The number of benzene rings is 1. The average molecular weight is 354 g/mol. The lowest BCUT2D eigenvalue weighted by Gasteiger charge is -2.40. The van der Waals surface area contributed by atoms with Crippen molar-refractivity contribution in [2.24, 2.45) is 5.92 Å². The first-order valence-electron chi connectivity index (χ1n) is 8.31. The molecular formula is C18H26O5S. The Kier molecular flexibility index (Phi) is 6.40. The van der Waals surface area contributed by atoms with E-state index in [9.17, 15) is 13.2 Å². The molecule has 0 bridgehead atoms. The van der Waals surface area contributed by atoms with E-state index in [1.807, 2.05) is 18.2 Å². The quantitative estimate of drug-likeness (QED) is 0.556. The van der Waals surface area contributed by atoms with Gasteiger partial charge in [-0.1, -0.05) is 30.3 Å². The van der Waals surface area contributed by atoms with Crippen molar-refractivity contribution in [1.82, 2.24) is 0 Å². The van der Waals surface area contributed by atoms with Crippen molar-refractivity contribution in [3.05, 3.63) is 35.9 Å². The lowest BCUT2D eigenvalue weighted by atomic mass is 9.64. The van der Waals surface area contributed by atoms with E-state index in [1.165, 1.54) is 12.7 Å². The predicted octanol–water partition coefficient (Wildman–Crippen LogP) is 3.04. The molecule has 5 nitrogen and oxygen atoms in total. The van der Waals surface area contributed by atoms with Gasteiger partial charge in [-0.3, -0.25) is 8.98 Å². The Morgan fingerprint density at radius 1 is 1.21 bits per heavy atom. The highest BCUT2D eigenvalue weighted by molar-refractivity contribution is 7.85. The van der Waals surface area contributed by atoms with Gasteiger partial charge >= 0.3 is 5.97 Å². The van der Waals surface area contributed by atoms with Gasteiger partial charge in [0.15, 0.2) is 0 Å². The first-order valence-corrected chi connectivity index (χ1v) is 10.1. The van der Waals surface area contributed by atoms with Gasteiger partial charge in [-0.25, -0.2) is 0 Å². The molecule has 6 heteroatoms. The maximum absolute atomic E-state index is 11.5. The molecule has 0 atom stereocenters. The molecule has 24 heavy (non-hydrogen) atoms. The number of methoxy groups -OCH3 is 1. The molecule has 0 saturated heterocycles. The van der Waals surface area contributed by atoms with Crippen molar-refractivity contribution in [2.45, 2.75) is 43.9 Å². The van der Waals surface area contributed by atoms with E-state index >= 15 is 0 Å². The number of esters is 1. The van der Waals surface area contributed by atoms with Gasteiger partial charge in [0.2, 0.25) is 0 Å². The molecule has 134 valence electrons. The summed E-state index contributed by atoms with van der Waals surface area (Å²) in [5, 5.41) is 0. The van der Waals surface area contributed by atoms with E-state index in [0.717, 1.165) is 31.9 Å². The van der Waals surface area contributed by atoms with Crippen LogP contribution < -0.4 is 0 Å². The first kappa shape index (κ1) is 18.9. The zero-order valence-corrected chi connectivity index (χ0v) is 15.2. The van der Waals surface area contributed by atoms with E-state index in [1.54, 1.807) is 0 Å². The minimum atomic E-state index is -3.43. The number of hydrogen-bond donors (Lipinski definition) is 0. The Bertz CT molecular complexity index is 631. The van der Waals surface area contributed by atoms with Crippen molar-refractivity contribution < 1.29 is 22.1 Å². The minimum absolute atomic E-state index is 0.0848. The van der Waals surface area contributed by atoms with Gasteiger partial charge in [-0.15, -0.1) is 0 Å². The molecule has 1 saturated carbocycles. The van der Waals surface area contributed by atoms with Crippen LogP contribution >= 0.6 is 0 Å². The number of ether oxygens (including phenoxy) is 1. The average Bonchev–Trinajstić information content (AvgIpc) is 2.56. The lowest BCUT2D eigenvalue weighted by molar-refractivity contribution is -0.142. The molecule has 2 rings (SSSR count). The summed E-state index contributed by atoms with van der Waals surface area (Å²) >= 11 is 0. The van der Waals surface area contributed by atoms with Crippen LogP contribution in [-0.2, 0) is 29.2 Å². The zero-order chi connectivity index (χ0) is 17.6. The molecule has 0 N–H and O–H groups in total. The Balaban J connectivity index is 2.07. The first-order chi connectivity index (χ1) is 11.3. The van der Waals surface area contributed by atoms with Crippen LogP contribution in [0, 0.1) is 5.92 Å². The number of carbonyl (C=O) groups is 1. The fourth-order valence-corrected chi connectivity index (χ4v) is 4.00. The summed E-state index contributed by atoms with van der Waals surface area (Å²) < 4.78 is 32.2. The van der Waals surface area contributed by atoms with Crippen LogP contribution in [0.3, 0.4) is 0 Å². The van der Waals surface area contributed by atoms with Crippen molar-refractivity contribution in [3.63, 3.8) is 0 Å². The lowest BCUT2D eigenvalue weighted by Crippen LogP contribution is -2.34. The molecular weight excluding hydrogens is 328 g/mol. The molecule has 1 fully saturated rings. The topological polar surface area (TPSA) is 69.7 Å². The predicted molar refractivity (Wildman–Crippen MR) is 92.1 cm³/mol. The third kappa shape index (κ3) is 5.31. The minimum Gasteiger partial charge on any atom is -0.469 e. The van der Waals surface area contributed by atoms with E-state index in [4.69, 9.17) is 8.92 Å². The van der Waals surface area contributed by atoms with E-state index < -0.39 is 10.1 Å². The van der Waals surface area contributed by atoms with Gasteiger partial charge in [0.25, 0.3) is 10.1 Å². The van der Waals surface area contributed by atoms with Crippen LogP contribution in [0.5, 0.6) is 0 Å². The smallest absolute Gasteiger partial charge is 0.305 e. The second-order valence-electron chi connectivity index (χ2n) is 6.65. The molecule has 0 amide bonds. The SMILES string of the molecule is COC(=O)CC1CCC(CCOS(C)(=O)=O)(c2ccccc2)CC1. The van der Waals surface area contributed by atoms with E-state index in [2.05, 4.69) is 12.1 Å². The van der Waals surface area contributed by atoms with Crippen LogP contribution in [0.25, 0.3) is 0 Å². The normalized spacial score (nSPS) is 24.5. The Morgan fingerprint density at radius 3 is 2.38 bits per heavy atom. The van der Waals surface area contributed by atoms with Crippen LogP contribution in [0.15, 0.2) is 30.3 Å². The van der Waals surface area contributed by atoms with Crippen LogP contribution in [0.4, 0.5) is 0 Å². The summed E-state index contributed by atoms with van der Waals surface area (Å²) in [6.45, 7) is 0.190. The maximum atomic E-state index is 11.5. The molecule has 1 aliphatic rings. The van der Waals surface area contributed by atoms with Gasteiger partial charge < -0.3 is 4.74 Å². The fraction of sp³-hybridized carbons (Fsp3) is 0.611. The summed E-state index contributed by atoms with van der Waals surface area (Å²) in [7, 11) is -2.01. The highest BCUT2D eigenvalue weighted by Gasteiger charge is 2.37. The van der Waals surface area contributed by atoms with Gasteiger partial charge in [-0.2, -0.15) is 8.42 Å². The Morgan fingerprint density at radius 2 is 1.83 bits per heavy atom. The number of rotatable bonds is 7. The van der Waals surface area contributed by atoms with Crippen molar-refractivity contribution in [3.8, 4) is 0 Å². The zero-order valence-electron chi connectivity index (χ0n) is 14.4.